The van der Waals surface area contributed by atoms with Crippen LogP contribution in [0.3, 0.4) is 0 Å². The first-order valence-corrected chi connectivity index (χ1v) is 5.56. The Morgan fingerprint density at radius 1 is 1.47 bits per heavy atom. The van der Waals surface area contributed by atoms with Crippen LogP contribution in [0.4, 0.5) is 13.2 Å². The Morgan fingerprint density at radius 3 is 2.65 bits per heavy atom. The van der Waals surface area contributed by atoms with Crippen LogP contribution in [0.15, 0.2) is 22.7 Å². The minimum absolute atomic E-state index is 0.102. The summed E-state index contributed by atoms with van der Waals surface area (Å²) in [4.78, 5) is 0. The van der Waals surface area contributed by atoms with Crippen LogP contribution in [0.25, 0.3) is 0 Å². The number of hydrogen-bond acceptors (Lipinski definition) is 2. The Kier molecular flexibility index (Phi) is 4.66. The molecule has 1 rings (SSSR count). The van der Waals surface area contributed by atoms with Gasteiger partial charge in [0.05, 0.1) is 11.1 Å². The largest absolute Gasteiger partial charge is 0.490 e. The van der Waals surface area contributed by atoms with Gasteiger partial charge in [0, 0.05) is 4.47 Å². The lowest BCUT2D eigenvalue weighted by atomic mass is 10.2. The summed E-state index contributed by atoms with van der Waals surface area (Å²) in [6.07, 6.45) is -4.60. The number of alkyl halides is 3. The molecular weight excluding hydrogens is 322 g/mol. The molecule has 0 aromatic heterocycles. The van der Waals surface area contributed by atoms with Crippen molar-refractivity contribution >= 4 is 27.5 Å². The second-order valence-electron chi connectivity index (χ2n) is 3.11. The highest BCUT2D eigenvalue weighted by atomic mass is 79.9. The molecule has 1 aromatic rings. The Hall–Kier alpha value is -0.930. The van der Waals surface area contributed by atoms with Gasteiger partial charge < -0.3 is 4.74 Å². The van der Waals surface area contributed by atoms with Crippen molar-refractivity contribution in [1.29, 1.82) is 5.26 Å². The van der Waals surface area contributed by atoms with Crippen molar-refractivity contribution in [3.63, 3.8) is 0 Å². The predicted octanol–water partition coefficient (Wildman–Crippen LogP) is 4.18. The van der Waals surface area contributed by atoms with Gasteiger partial charge in [0.2, 0.25) is 0 Å². The molecule has 0 saturated heterocycles. The SMILES string of the molecule is N#CC(COc1cc(Br)ccc1Cl)C(F)(F)F. The van der Waals surface area contributed by atoms with E-state index < -0.39 is 18.7 Å². The highest BCUT2D eigenvalue weighted by Crippen LogP contribution is 2.30. The van der Waals surface area contributed by atoms with Gasteiger partial charge in [-0.2, -0.15) is 18.4 Å². The Balaban J connectivity index is 2.73. The first kappa shape index (κ1) is 14.1. The van der Waals surface area contributed by atoms with Crippen molar-refractivity contribution in [1.82, 2.24) is 0 Å². The average Bonchev–Trinajstić information content (AvgIpc) is 2.22. The Morgan fingerprint density at radius 2 is 2.12 bits per heavy atom. The van der Waals surface area contributed by atoms with Crippen molar-refractivity contribution in [2.24, 2.45) is 5.92 Å². The zero-order chi connectivity index (χ0) is 13.1. The number of rotatable bonds is 3. The predicted molar refractivity (Wildman–Crippen MR) is 59.8 cm³/mol. The van der Waals surface area contributed by atoms with Gasteiger partial charge in [-0.15, -0.1) is 0 Å². The first-order valence-electron chi connectivity index (χ1n) is 4.38. The van der Waals surface area contributed by atoms with E-state index in [1.807, 2.05) is 0 Å². The summed E-state index contributed by atoms with van der Waals surface area (Å²) >= 11 is 8.86. The molecule has 0 radical (unpaired) electrons. The number of halogens is 5. The second-order valence-corrected chi connectivity index (χ2v) is 4.43. The molecule has 0 aliphatic heterocycles. The number of hydrogen-bond donors (Lipinski definition) is 0. The smallest absolute Gasteiger partial charge is 0.407 e. The minimum atomic E-state index is -4.60. The molecule has 0 heterocycles. The van der Waals surface area contributed by atoms with Crippen LogP contribution in [0.1, 0.15) is 0 Å². The topological polar surface area (TPSA) is 33.0 Å². The molecule has 1 aromatic carbocycles. The third-order valence-corrected chi connectivity index (χ3v) is 2.66. The van der Waals surface area contributed by atoms with Crippen molar-refractivity contribution in [2.75, 3.05) is 6.61 Å². The van der Waals surface area contributed by atoms with E-state index in [2.05, 4.69) is 15.9 Å². The van der Waals surface area contributed by atoms with Crippen molar-refractivity contribution in [3.05, 3.63) is 27.7 Å². The number of nitriles is 1. The summed E-state index contributed by atoms with van der Waals surface area (Å²) in [5.74, 6) is -2.07. The van der Waals surface area contributed by atoms with Gasteiger partial charge in [-0.3, -0.25) is 0 Å². The highest BCUT2D eigenvalue weighted by Gasteiger charge is 2.40. The maximum Gasteiger partial charge on any atom is 0.407 e. The number of ether oxygens (including phenoxy) is 1. The molecule has 17 heavy (non-hydrogen) atoms. The lowest BCUT2D eigenvalue weighted by molar-refractivity contribution is -0.165. The molecule has 1 unspecified atom stereocenters. The minimum Gasteiger partial charge on any atom is -0.490 e. The van der Waals surface area contributed by atoms with Gasteiger partial charge in [-0.25, -0.2) is 0 Å². The Labute approximate surface area is 109 Å². The summed E-state index contributed by atoms with van der Waals surface area (Å²) in [7, 11) is 0. The van der Waals surface area contributed by atoms with Crippen LogP contribution in [0, 0.1) is 17.2 Å². The fourth-order valence-electron chi connectivity index (χ4n) is 0.966. The van der Waals surface area contributed by atoms with Crippen LogP contribution in [-0.2, 0) is 0 Å². The molecule has 0 bridgehead atoms. The molecule has 0 fully saturated rings. The van der Waals surface area contributed by atoms with Gasteiger partial charge in [-0.1, -0.05) is 27.5 Å². The molecule has 1 atom stereocenters. The fraction of sp³-hybridized carbons (Fsp3) is 0.300. The van der Waals surface area contributed by atoms with Crippen LogP contribution in [-0.4, -0.2) is 12.8 Å². The average molecular weight is 329 g/mol. The molecule has 0 N–H and O–H groups in total. The molecule has 0 aliphatic rings. The van der Waals surface area contributed by atoms with Crippen LogP contribution in [0.5, 0.6) is 5.75 Å². The van der Waals surface area contributed by atoms with Gasteiger partial charge in [0.1, 0.15) is 12.4 Å². The molecule has 2 nitrogen and oxygen atoms in total. The monoisotopic (exact) mass is 327 g/mol. The van der Waals surface area contributed by atoms with Gasteiger partial charge in [0.15, 0.2) is 5.92 Å². The molecule has 0 spiro atoms. The zero-order valence-corrected chi connectivity index (χ0v) is 10.6. The van der Waals surface area contributed by atoms with E-state index in [-0.39, 0.29) is 10.8 Å². The lowest BCUT2D eigenvalue weighted by Gasteiger charge is -2.14. The molecule has 92 valence electrons. The van der Waals surface area contributed by atoms with Gasteiger partial charge in [0.25, 0.3) is 0 Å². The summed E-state index contributed by atoms with van der Waals surface area (Å²) < 4.78 is 42.3. The molecule has 0 saturated carbocycles. The first-order chi connectivity index (χ1) is 7.84. The van der Waals surface area contributed by atoms with E-state index in [1.165, 1.54) is 12.1 Å². The summed E-state index contributed by atoms with van der Waals surface area (Å²) in [6.45, 7) is -0.782. The second kappa shape index (κ2) is 5.61. The summed E-state index contributed by atoms with van der Waals surface area (Å²) in [5, 5.41) is 8.56. The van der Waals surface area contributed by atoms with E-state index in [0.29, 0.717) is 4.47 Å². The lowest BCUT2D eigenvalue weighted by Crippen LogP contribution is -2.27. The number of benzene rings is 1. The van der Waals surface area contributed by atoms with E-state index in [1.54, 1.807) is 6.07 Å². The van der Waals surface area contributed by atoms with Crippen LogP contribution < -0.4 is 4.74 Å². The van der Waals surface area contributed by atoms with E-state index in [9.17, 15) is 13.2 Å². The van der Waals surface area contributed by atoms with Crippen molar-refractivity contribution in [3.8, 4) is 11.8 Å². The normalized spacial score (nSPS) is 12.9. The highest BCUT2D eigenvalue weighted by molar-refractivity contribution is 9.10. The maximum absolute atomic E-state index is 12.3. The standard InChI is InChI=1S/C10H6BrClF3NO/c11-7-1-2-8(12)9(3-7)17-5-6(4-16)10(13,14)15/h1-3,6H,5H2. The van der Waals surface area contributed by atoms with Gasteiger partial charge >= 0.3 is 6.18 Å². The van der Waals surface area contributed by atoms with Gasteiger partial charge in [-0.05, 0) is 18.2 Å². The number of nitrogens with zero attached hydrogens (tertiary/aromatic N) is 1. The van der Waals surface area contributed by atoms with E-state index in [4.69, 9.17) is 21.6 Å². The Bertz CT molecular complexity index is 444. The third-order valence-electron chi connectivity index (χ3n) is 1.85. The molecular formula is C10H6BrClF3NO. The van der Waals surface area contributed by atoms with Crippen molar-refractivity contribution < 1.29 is 17.9 Å². The van der Waals surface area contributed by atoms with Crippen LogP contribution >= 0.6 is 27.5 Å². The maximum atomic E-state index is 12.3. The molecule has 7 heteroatoms. The molecule has 0 amide bonds. The fourth-order valence-corrected chi connectivity index (χ4v) is 1.48. The summed E-state index contributed by atoms with van der Waals surface area (Å²) in [6, 6.07) is 5.69. The van der Waals surface area contributed by atoms with Crippen molar-refractivity contribution in [2.45, 2.75) is 6.18 Å². The van der Waals surface area contributed by atoms with Crippen LogP contribution in [0.2, 0.25) is 5.02 Å². The summed E-state index contributed by atoms with van der Waals surface area (Å²) in [5.41, 5.74) is 0. The molecule has 0 aliphatic carbocycles. The zero-order valence-electron chi connectivity index (χ0n) is 8.26. The van der Waals surface area contributed by atoms with E-state index in [0.717, 1.165) is 6.07 Å². The van der Waals surface area contributed by atoms with E-state index >= 15 is 0 Å². The third kappa shape index (κ3) is 4.10. The quantitative estimate of drug-likeness (QED) is 0.834.